The number of nitrogens with zero attached hydrogens (tertiary/aromatic N) is 1. The number of carbonyl (C=O) groups is 1. The summed E-state index contributed by atoms with van der Waals surface area (Å²) in [5.74, 6) is -0.193. The molecule has 1 aromatic carbocycles. The molecular formula is C17H25NO3. The third-order valence-corrected chi connectivity index (χ3v) is 3.83. The van der Waals surface area contributed by atoms with Crippen molar-refractivity contribution in [2.45, 2.75) is 38.3 Å². The zero-order valence-electron chi connectivity index (χ0n) is 13.0. The van der Waals surface area contributed by atoms with Crippen LogP contribution in [0.15, 0.2) is 30.3 Å². The van der Waals surface area contributed by atoms with Crippen LogP contribution in [0.3, 0.4) is 0 Å². The van der Waals surface area contributed by atoms with Crippen LogP contribution in [0.1, 0.15) is 37.8 Å². The minimum Gasteiger partial charge on any atom is -0.465 e. The van der Waals surface area contributed by atoms with Gasteiger partial charge in [-0.15, -0.1) is 0 Å². The fourth-order valence-corrected chi connectivity index (χ4v) is 2.81. The molecular weight excluding hydrogens is 266 g/mol. The SMILES string of the molecule is CCOC(=O)C(c1ccccc1)N(C)CC1CCCCO1. The van der Waals surface area contributed by atoms with Gasteiger partial charge in [0.2, 0.25) is 0 Å². The molecule has 0 saturated carbocycles. The molecule has 0 radical (unpaired) electrons. The van der Waals surface area contributed by atoms with E-state index in [1.807, 2.05) is 49.2 Å². The van der Waals surface area contributed by atoms with Gasteiger partial charge in [0.1, 0.15) is 6.04 Å². The summed E-state index contributed by atoms with van der Waals surface area (Å²) in [4.78, 5) is 14.4. The van der Waals surface area contributed by atoms with Crippen molar-refractivity contribution in [3.63, 3.8) is 0 Å². The van der Waals surface area contributed by atoms with E-state index in [0.717, 1.165) is 31.6 Å². The lowest BCUT2D eigenvalue weighted by Gasteiger charge is -2.31. The summed E-state index contributed by atoms with van der Waals surface area (Å²) in [6.07, 6.45) is 3.62. The molecule has 2 unspecified atom stereocenters. The smallest absolute Gasteiger partial charge is 0.327 e. The Labute approximate surface area is 127 Å². The van der Waals surface area contributed by atoms with Crippen LogP contribution in [0, 0.1) is 0 Å². The van der Waals surface area contributed by atoms with Crippen molar-refractivity contribution in [1.29, 1.82) is 0 Å². The zero-order chi connectivity index (χ0) is 15.1. The van der Waals surface area contributed by atoms with Gasteiger partial charge in [0, 0.05) is 13.2 Å². The number of esters is 1. The second-order valence-corrected chi connectivity index (χ2v) is 5.49. The molecule has 1 aliphatic rings. The Morgan fingerprint density at radius 2 is 2.14 bits per heavy atom. The molecule has 1 saturated heterocycles. The second-order valence-electron chi connectivity index (χ2n) is 5.49. The largest absolute Gasteiger partial charge is 0.465 e. The summed E-state index contributed by atoms with van der Waals surface area (Å²) < 4.78 is 11.0. The minimum absolute atomic E-state index is 0.193. The molecule has 2 atom stereocenters. The Hall–Kier alpha value is -1.39. The molecule has 1 heterocycles. The Balaban J connectivity index is 2.08. The number of carbonyl (C=O) groups excluding carboxylic acids is 1. The molecule has 2 rings (SSSR count). The fraction of sp³-hybridized carbons (Fsp3) is 0.588. The van der Waals surface area contributed by atoms with Gasteiger partial charge < -0.3 is 9.47 Å². The molecule has 0 N–H and O–H groups in total. The van der Waals surface area contributed by atoms with Gasteiger partial charge in [-0.2, -0.15) is 0 Å². The molecule has 0 aliphatic carbocycles. The van der Waals surface area contributed by atoms with Gasteiger partial charge in [0.05, 0.1) is 12.7 Å². The van der Waals surface area contributed by atoms with Gasteiger partial charge in [-0.05, 0) is 38.8 Å². The number of hydrogen-bond donors (Lipinski definition) is 0. The lowest BCUT2D eigenvalue weighted by Crippen LogP contribution is -2.39. The van der Waals surface area contributed by atoms with Gasteiger partial charge >= 0.3 is 5.97 Å². The van der Waals surface area contributed by atoms with Crippen molar-refractivity contribution in [3.8, 4) is 0 Å². The van der Waals surface area contributed by atoms with Crippen LogP contribution >= 0.6 is 0 Å². The highest BCUT2D eigenvalue weighted by Gasteiger charge is 2.28. The molecule has 0 bridgehead atoms. The number of benzene rings is 1. The standard InChI is InChI=1S/C17H25NO3/c1-3-20-17(19)16(14-9-5-4-6-10-14)18(2)13-15-11-7-8-12-21-15/h4-6,9-10,15-16H,3,7-8,11-13H2,1-2H3. The molecule has 0 amide bonds. The first-order chi connectivity index (χ1) is 10.2. The summed E-state index contributed by atoms with van der Waals surface area (Å²) in [5.41, 5.74) is 0.967. The quantitative estimate of drug-likeness (QED) is 0.756. The molecule has 0 aromatic heterocycles. The van der Waals surface area contributed by atoms with Crippen molar-refractivity contribution < 1.29 is 14.3 Å². The first-order valence-electron chi connectivity index (χ1n) is 7.75. The summed E-state index contributed by atoms with van der Waals surface area (Å²) in [5, 5.41) is 0. The summed E-state index contributed by atoms with van der Waals surface area (Å²) >= 11 is 0. The second kappa shape index (κ2) is 8.15. The van der Waals surface area contributed by atoms with Crippen molar-refractivity contribution >= 4 is 5.97 Å². The molecule has 1 aromatic rings. The van der Waals surface area contributed by atoms with Gasteiger partial charge in [-0.25, -0.2) is 4.79 Å². The zero-order valence-corrected chi connectivity index (χ0v) is 13.0. The maximum atomic E-state index is 12.3. The molecule has 21 heavy (non-hydrogen) atoms. The van der Waals surface area contributed by atoms with Gasteiger partial charge in [-0.1, -0.05) is 30.3 Å². The lowest BCUT2D eigenvalue weighted by molar-refractivity contribution is -0.150. The van der Waals surface area contributed by atoms with Gasteiger partial charge in [0.25, 0.3) is 0 Å². The first-order valence-corrected chi connectivity index (χ1v) is 7.75. The Bertz CT molecular complexity index is 429. The highest BCUT2D eigenvalue weighted by molar-refractivity contribution is 5.77. The van der Waals surface area contributed by atoms with Crippen molar-refractivity contribution in [2.75, 3.05) is 26.8 Å². The van der Waals surface area contributed by atoms with Crippen LogP contribution < -0.4 is 0 Å². The average molecular weight is 291 g/mol. The van der Waals surface area contributed by atoms with Crippen LogP contribution in [-0.4, -0.2) is 43.8 Å². The van der Waals surface area contributed by atoms with Crippen LogP contribution in [0.4, 0.5) is 0 Å². The molecule has 4 nitrogen and oxygen atoms in total. The Kier molecular flexibility index (Phi) is 6.21. The van der Waals surface area contributed by atoms with Crippen molar-refractivity contribution in [3.05, 3.63) is 35.9 Å². The Morgan fingerprint density at radius 3 is 2.76 bits per heavy atom. The number of likely N-dealkylation sites (N-methyl/N-ethyl adjacent to an activating group) is 1. The highest BCUT2D eigenvalue weighted by atomic mass is 16.5. The van der Waals surface area contributed by atoms with Gasteiger partial charge in [0.15, 0.2) is 0 Å². The summed E-state index contributed by atoms with van der Waals surface area (Å²) in [6.45, 7) is 3.81. The highest BCUT2D eigenvalue weighted by Crippen LogP contribution is 2.23. The average Bonchev–Trinajstić information content (AvgIpc) is 2.50. The van der Waals surface area contributed by atoms with E-state index < -0.39 is 0 Å². The third-order valence-electron chi connectivity index (χ3n) is 3.83. The van der Waals surface area contributed by atoms with Crippen molar-refractivity contribution in [2.24, 2.45) is 0 Å². The first kappa shape index (κ1) is 16.0. The van der Waals surface area contributed by atoms with E-state index in [9.17, 15) is 4.79 Å². The van der Waals surface area contributed by atoms with Gasteiger partial charge in [-0.3, -0.25) is 4.90 Å². The van der Waals surface area contributed by atoms with E-state index in [2.05, 4.69) is 0 Å². The van der Waals surface area contributed by atoms with Crippen LogP contribution in [0.2, 0.25) is 0 Å². The minimum atomic E-state index is -0.364. The number of ether oxygens (including phenoxy) is 2. The van der Waals surface area contributed by atoms with E-state index in [0.29, 0.717) is 6.61 Å². The van der Waals surface area contributed by atoms with Crippen LogP contribution in [0.5, 0.6) is 0 Å². The molecule has 4 heteroatoms. The molecule has 1 aliphatic heterocycles. The summed E-state index contributed by atoms with van der Waals surface area (Å²) in [7, 11) is 1.96. The molecule has 116 valence electrons. The van der Waals surface area contributed by atoms with E-state index in [1.165, 1.54) is 6.42 Å². The van der Waals surface area contributed by atoms with E-state index in [-0.39, 0.29) is 18.1 Å². The molecule has 0 spiro atoms. The maximum Gasteiger partial charge on any atom is 0.327 e. The normalized spacial score (nSPS) is 20.2. The topological polar surface area (TPSA) is 38.8 Å². The van der Waals surface area contributed by atoms with Crippen molar-refractivity contribution in [1.82, 2.24) is 4.90 Å². The number of hydrogen-bond acceptors (Lipinski definition) is 4. The predicted molar refractivity (Wildman–Crippen MR) is 82.0 cm³/mol. The fourth-order valence-electron chi connectivity index (χ4n) is 2.81. The van der Waals surface area contributed by atoms with E-state index in [4.69, 9.17) is 9.47 Å². The predicted octanol–water partition coefficient (Wildman–Crippen LogP) is 2.79. The summed E-state index contributed by atoms with van der Waals surface area (Å²) in [6, 6.07) is 9.44. The van der Waals surface area contributed by atoms with Crippen LogP contribution in [0.25, 0.3) is 0 Å². The Morgan fingerprint density at radius 1 is 1.38 bits per heavy atom. The number of rotatable bonds is 6. The van der Waals surface area contributed by atoms with Crippen LogP contribution in [-0.2, 0) is 14.3 Å². The third kappa shape index (κ3) is 4.55. The van der Waals surface area contributed by atoms with E-state index >= 15 is 0 Å². The van der Waals surface area contributed by atoms with E-state index in [1.54, 1.807) is 0 Å². The lowest BCUT2D eigenvalue weighted by atomic mass is 10.0. The molecule has 1 fully saturated rings. The maximum absolute atomic E-state index is 12.3. The monoisotopic (exact) mass is 291 g/mol.